The Labute approximate surface area is 390 Å². The van der Waals surface area contributed by atoms with Crippen LogP contribution in [0.15, 0.2) is 63.8 Å². The van der Waals surface area contributed by atoms with Crippen molar-refractivity contribution in [1.82, 2.24) is 0 Å². The highest BCUT2D eigenvalue weighted by Crippen LogP contribution is 2.40. The monoisotopic (exact) mass is 976 g/mol. The number of phenolic OH excluding ortho intramolecular Hbond substituents is 3. The first kappa shape index (κ1) is 51.0. The second-order valence-corrected chi connectivity index (χ2v) is 16.2. The summed E-state index contributed by atoms with van der Waals surface area (Å²) in [4.78, 5) is 27.2. The molecule has 7 rings (SSSR count). The number of ether oxygens (including phenoxy) is 10. The number of rotatable bonds is 15. The van der Waals surface area contributed by atoms with E-state index in [1.165, 1.54) is 76.8 Å². The quantitative estimate of drug-likeness (QED) is 0.0488. The molecule has 3 fully saturated rings. The van der Waals surface area contributed by atoms with Crippen LogP contribution in [-0.4, -0.2) is 189 Å². The molecule has 4 heterocycles. The normalized spacial score (nSPS) is 31.6. The van der Waals surface area contributed by atoms with E-state index in [0.29, 0.717) is 5.56 Å². The minimum Gasteiger partial charge on any atom is -0.508 e. The lowest BCUT2D eigenvalue weighted by Gasteiger charge is -2.46. The maximum atomic E-state index is 14.4. The molecule has 0 spiro atoms. The SMILES string of the molecule is COc1cc(O)c2c(=O)c(O[C@@H]3O[C@H](CO[C@@H]4O[C@@H](C)[C@H](O)[C@@H](O)[C@H]4O)[C@@H](O)[C@H](O)[C@H]3O[C@@H]3O[C@H](COC(=O)/C=C/c4cc(OC)c(O)c(OC)c4)[C@@H](O)[C@H](O)[C@H]3O)c(-c3ccc(O)cc3)oc2c1. The van der Waals surface area contributed by atoms with Gasteiger partial charge in [-0.05, 0) is 55.0 Å². The van der Waals surface area contributed by atoms with Crippen LogP contribution < -0.4 is 24.4 Å². The van der Waals surface area contributed by atoms with Crippen LogP contribution in [0.1, 0.15) is 12.5 Å². The predicted octanol–water partition coefficient (Wildman–Crippen LogP) is -1.28. The first-order chi connectivity index (χ1) is 32.8. The van der Waals surface area contributed by atoms with Crippen molar-refractivity contribution in [3.05, 3.63) is 70.4 Å². The van der Waals surface area contributed by atoms with Crippen LogP contribution in [0.3, 0.4) is 0 Å². The largest absolute Gasteiger partial charge is 0.508 e. The molecule has 0 bridgehead atoms. The van der Waals surface area contributed by atoms with Gasteiger partial charge in [-0.15, -0.1) is 0 Å². The van der Waals surface area contributed by atoms with Gasteiger partial charge < -0.3 is 108 Å². The third-order valence-electron chi connectivity index (χ3n) is 11.6. The number of esters is 1. The first-order valence-corrected chi connectivity index (χ1v) is 21.2. The number of carbonyl (C=O) groups excluding carboxylic acids is 1. The average molecular weight is 977 g/mol. The Morgan fingerprint density at radius 3 is 1.94 bits per heavy atom. The molecule has 1 aromatic heterocycles. The molecule has 376 valence electrons. The fourth-order valence-electron chi connectivity index (χ4n) is 7.73. The molecule has 0 unspecified atom stereocenters. The number of benzene rings is 3. The number of aliphatic hydroxyl groups is 8. The van der Waals surface area contributed by atoms with Crippen molar-refractivity contribution >= 4 is 23.0 Å². The van der Waals surface area contributed by atoms with Crippen molar-refractivity contribution < 1.29 is 113 Å². The molecule has 24 nitrogen and oxygen atoms in total. The molecule has 0 saturated carbocycles. The Bertz CT molecular complexity index is 2490. The fourth-order valence-corrected chi connectivity index (χ4v) is 7.73. The highest BCUT2D eigenvalue weighted by Gasteiger charge is 2.53. The Balaban J connectivity index is 1.19. The summed E-state index contributed by atoms with van der Waals surface area (Å²) in [6, 6.07) is 10.4. The van der Waals surface area contributed by atoms with E-state index < -0.39 is 134 Å². The van der Waals surface area contributed by atoms with Crippen LogP contribution in [0.25, 0.3) is 28.4 Å². The van der Waals surface area contributed by atoms with Gasteiger partial charge in [-0.25, -0.2) is 4.79 Å². The van der Waals surface area contributed by atoms with Gasteiger partial charge in [0, 0.05) is 23.8 Å². The molecule has 3 aliphatic rings. The summed E-state index contributed by atoms with van der Waals surface area (Å²) in [5.74, 6) is -2.89. The van der Waals surface area contributed by atoms with E-state index in [1.807, 2.05) is 0 Å². The molecule has 3 aromatic carbocycles. The molecule has 11 N–H and O–H groups in total. The number of aliphatic hydroxyl groups excluding tert-OH is 8. The van der Waals surface area contributed by atoms with Crippen molar-refractivity contribution in [2.24, 2.45) is 0 Å². The summed E-state index contributed by atoms with van der Waals surface area (Å²) < 4.78 is 61.9. The summed E-state index contributed by atoms with van der Waals surface area (Å²) in [6.45, 7) is -0.0995. The third-order valence-corrected chi connectivity index (χ3v) is 11.6. The van der Waals surface area contributed by atoms with E-state index in [4.69, 9.17) is 51.8 Å². The molecule has 3 aliphatic heterocycles. The van der Waals surface area contributed by atoms with Gasteiger partial charge in [0.05, 0.1) is 34.0 Å². The van der Waals surface area contributed by atoms with Crippen LogP contribution in [-0.2, 0) is 33.2 Å². The van der Waals surface area contributed by atoms with Gasteiger partial charge >= 0.3 is 5.97 Å². The Kier molecular flexibility index (Phi) is 15.8. The summed E-state index contributed by atoms with van der Waals surface area (Å²) in [5, 5.41) is 118. The Morgan fingerprint density at radius 2 is 1.29 bits per heavy atom. The van der Waals surface area contributed by atoms with Gasteiger partial charge in [-0.1, -0.05) is 0 Å². The number of carbonyl (C=O) groups is 1. The van der Waals surface area contributed by atoms with Crippen LogP contribution in [0.5, 0.6) is 40.2 Å². The Morgan fingerprint density at radius 1 is 0.681 bits per heavy atom. The standard InChI is InChI=1S/C45H52O24/c1-17-30(49)35(54)38(57)43(64-17)63-16-27-33(52)37(56)42(45(67-27)68-41-34(53)29-22(47)13-21(59-2)14-23(29)65-40(41)19-6-8-20(46)9-7-19)69-44-39(58)36(55)32(51)26(66-44)15-62-28(48)10-5-18-11-24(60-3)31(50)25(12-18)61-4/h5-14,17,26-27,30,32-33,35-39,42-47,49-52,54-58H,15-16H2,1-4H3/b10-5+/t17-,26+,27+,30-,32+,33+,35+,36-,37-,38+,39+,42+,43+,44-,45-/m0/s1. The molecule has 0 aliphatic carbocycles. The highest BCUT2D eigenvalue weighted by molar-refractivity contribution is 5.89. The van der Waals surface area contributed by atoms with Crippen LogP contribution in [0.4, 0.5) is 0 Å². The number of methoxy groups -OCH3 is 3. The zero-order valence-corrected chi connectivity index (χ0v) is 37.1. The Hall–Kier alpha value is -5.84. The lowest BCUT2D eigenvalue weighted by atomic mass is 9.97. The minimum atomic E-state index is -2.14. The zero-order valence-electron chi connectivity index (χ0n) is 37.1. The van der Waals surface area contributed by atoms with Crippen molar-refractivity contribution in [3.63, 3.8) is 0 Å². The third kappa shape index (κ3) is 10.7. The van der Waals surface area contributed by atoms with E-state index in [0.717, 1.165) is 12.1 Å². The topological polar surface area (TPSA) is 362 Å². The molecule has 15 atom stereocenters. The van der Waals surface area contributed by atoms with E-state index in [1.54, 1.807) is 0 Å². The second-order valence-electron chi connectivity index (χ2n) is 16.2. The predicted molar refractivity (Wildman–Crippen MR) is 230 cm³/mol. The molecular weight excluding hydrogens is 924 g/mol. The summed E-state index contributed by atoms with van der Waals surface area (Å²) >= 11 is 0. The molecule has 3 saturated heterocycles. The van der Waals surface area contributed by atoms with Crippen molar-refractivity contribution in [3.8, 4) is 51.6 Å². The number of hydrogen-bond acceptors (Lipinski definition) is 24. The van der Waals surface area contributed by atoms with Gasteiger partial charge in [0.25, 0.3) is 0 Å². The lowest BCUT2D eigenvalue weighted by molar-refractivity contribution is -0.362. The van der Waals surface area contributed by atoms with Crippen LogP contribution in [0, 0.1) is 0 Å². The smallest absolute Gasteiger partial charge is 0.330 e. The van der Waals surface area contributed by atoms with E-state index in [9.17, 15) is 65.8 Å². The molecular formula is C45H52O24. The number of fused-ring (bicyclic) bond motifs is 1. The first-order valence-electron chi connectivity index (χ1n) is 21.2. The lowest BCUT2D eigenvalue weighted by Crippen LogP contribution is -2.65. The summed E-state index contributed by atoms with van der Waals surface area (Å²) in [6.07, 6.45) is -25.0. The van der Waals surface area contributed by atoms with Crippen LogP contribution in [0.2, 0.25) is 0 Å². The van der Waals surface area contributed by atoms with Gasteiger partial charge in [0.15, 0.2) is 35.9 Å². The maximum absolute atomic E-state index is 14.4. The van der Waals surface area contributed by atoms with E-state index in [2.05, 4.69) is 0 Å². The maximum Gasteiger partial charge on any atom is 0.330 e. The zero-order chi connectivity index (χ0) is 50.0. The minimum absolute atomic E-state index is 0.0434. The van der Waals surface area contributed by atoms with Gasteiger partial charge in [-0.3, -0.25) is 4.79 Å². The molecule has 24 heteroatoms. The molecule has 0 radical (unpaired) electrons. The van der Waals surface area contributed by atoms with Gasteiger partial charge in [0.1, 0.15) is 95.9 Å². The molecule has 69 heavy (non-hydrogen) atoms. The summed E-state index contributed by atoms with van der Waals surface area (Å²) in [5.41, 5.74) is -0.743. The molecule has 0 amide bonds. The fraction of sp³-hybridized carbons (Fsp3) is 0.467. The van der Waals surface area contributed by atoms with E-state index in [-0.39, 0.29) is 45.7 Å². The van der Waals surface area contributed by atoms with Gasteiger partial charge in [0.2, 0.25) is 23.2 Å². The second kappa shape index (κ2) is 21.4. The van der Waals surface area contributed by atoms with Gasteiger partial charge in [-0.2, -0.15) is 0 Å². The highest BCUT2D eigenvalue weighted by atomic mass is 16.8. The number of aromatic hydroxyl groups is 3. The number of hydrogen-bond donors (Lipinski definition) is 11. The van der Waals surface area contributed by atoms with Crippen molar-refractivity contribution in [2.45, 2.75) is 99.0 Å². The van der Waals surface area contributed by atoms with Crippen molar-refractivity contribution in [1.29, 1.82) is 0 Å². The average Bonchev–Trinajstić information content (AvgIpc) is 3.33. The summed E-state index contributed by atoms with van der Waals surface area (Å²) in [7, 11) is 3.92. The van der Waals surface area contributed by atoms with Crippen molar-refractivity contribution in [2.75, 3.05) is 34.5 Å². The number of phenols is 3. The van der Waals surface area contributed by atoms with Crippen LogP contribution >= 0.6 is 0 Å². The molecule has 4 aromatic rings. The van der Waals surface area contributed by atoms with E-state index >= 15 is 0 Å².